The number of nitrogens with one attached hydrogen (secondary N) is 1. The molecule has 0 heterocycles. The largest absolute Gasteiger partial charge is 0.316 e. The van der Waals surface area contributed by atoms with Crippen LogP contribution in [0.1, 0.15) is 47.0 Å². The van der Waals surface area contributed by atoms with Gasteiger partial charge in [0.15, 0.2) is 0 Å². The molecule has 0 spiro atoms. The zero-order valence-electron chi connectivity index (χ0n) is 13.6. The third-order valence-corrected chi connectivity index (χ3v) is 4.69. The van der Waals surface area contributed by atoms with Crippen molar-refractivity contribution in [3.05, 3.63) is 30.3 Å². The van der Waals surface area contributed by atoms with Gasteiger partial charge in [0.1, 0.15) is 0 Å². The molecule has 0 bridgehead atoms. The van der Waals surface area contributed by atoms with E-state index in [4.69, 9.17) is 0 Å². The molecule has 1 atom stereocenters. The Morgan fingerprint density at radius 2 is 1.85 bits per heavy atom. The standard InChI is InChI=1S/C18H31NS/c1-5-11-18(4,15-19-14-16(2)3)12-13-20-17-9-7-6-8-10-17/h6-10,16,19H,5,11-15H2,1-4H3. The lowest BCUT2D eigenvalue weighted by atomic mass is 9.83. The zero-order valence-corrected chi connectivity index (χ0v) is 14.4. The molecule has 1 unspecified atom stereocenters. The molecule has 0 aliphatic carbocycles. The predicted octanol–water partition coefficient (Wildman–Crippen LogP) is 5.22. The molecule has 1 aromatic rings. The van der Waals surface area contributed by atoms with Crippen LogP contribution in [-0.4, -0.2) is 18.8 Å². The quantitative estimate of drug-likeness (QED) is 0.593. The number of hydrogen-bond donors (Lipinski definition) is 1. The second-order valence-corrected chi connectivity index (χ2v) is 7.67. The molecule has 0 aliphatic rings. The molecule has 0 amide bonds. The van der Waals surface area contributed by atoms with E-state index in [1.54, 1.807) is 0 Å². The van der Waals surface area contributed by atoms with Gasteiger partial charge in [0.05, 0.1) is 0 Å². The highest BCUT2D eigenvalue weighted by Gasteiger charge is 2.22. The van der Waals surface area contributed by atoms with Crippen molar-refractivity contribution in [3.63, 3.8) is 0 Å². The normalized spacial score (nSPS) is 14.4. The van der Waals surface area contributed by atoms with Crippen molar-refractivity contribution in [2.24, 2.45) is 11.3 Å². The third-order valence-electron chi connectivity index (χ3n) is 3.68. The first-order chi connectivity index (χ1) is 9.56. The van der Waals surface area contributed by atoms with Gasteiger partial charge in [-0.2, -0.15) is 0 Å². The Morgan fingerprint density at radius 1 is 1.15 bits per heavy atom. The average molecular weight is 294 g/mol. The molecular formula is C18H31NS. The number of benzene rings is 1. The predicted molar refractivity (Wildman–Crippen MR) is 92.5 cm³/mol. The first-order valence-corrected chi connectivity index (χ1v) is 8.93. The van der Waals surface area contributed by atoms with Crippen LogP contribution in [0.2, 0.25) is 0 Å². The van der Waals surface area contributed by atoms with Gasteiger partial charge in [-0.05, 0) is 48.6 Å². The van der Waals surface area contributed by atoms with Crippen molar-refractivity contribution in [2.45, 2.75) is 51.9 Å². The highest BCUT2D eigenvalue weighted by atomic mass is 32.2. The first kappa shape index (κ1) is 17.6. The van der Waals surface area contributed by atoms with Crippen molar-refractivity contribution in [1.82, 2.24) is 5.32 Å². The Balaban J connectivity index is 2.36. The van der Waals surface area contributed by atoms with Crippen LogP contribution in [0.15, 0.2) is 35.2 Å². The molecule has 0 radical (unpaired) electrons. The minimum atomic E-state index is 0.436. The van der Waals surface area contributed by atoms with E-state index in [2.05, 4.69) is 63.3 Å². The summed E-state index contributed by atoms with van der Waals surface area (Å²) in [5.41, 5.74) is 0.436. The Labute approximate surface area is 129 Å². The van der Waals surface area contributed by atoms with E-state index in [0.717, 1.165) is 19.0 Å². The van der Waals surface area contributed by atoms with Crippen LogP contribution in [0.25, 0.3) is 0 Å². The van der Waals surface area contributed by atoms with E-state index in [-0.39, 0.29) is 0 Å². The van der Waals surface area contributed by atoms with Crippen LogP contribution in [-0.2, 0) is 0 Å². The van der Waals surface area contributed by atoms with Gasteiger partial charge in [-0.15, -0.1) is 11.8 Å². The molecule has 0 aromatic heterocycles. The zero-order chi connectivity index (χ0) is 14.8. The van der Waals surface area contributed by atoms with Gasteiger partial charge in [-0.25, -0.2) is 0 Å². The number of rotatable bonds is 10. The summed E-state index contributed by atoms with van der Waals surface area (Å²) in [5.74, 6) is 1.95. The Hall–Kier alpha value is -0.470. The molecule has 114 valence electrons. The molecule has 1 N–H and O–H groups in total. The molecule has 2 heteroatoms. The fourth-order valence-corrected chi connectivity index (χ4v) is 3.68. The summed E-state index contributed by atoms with van der Waals surface area (Å²) in [7, 11) is 0. The fraction of sp³-hybridized carbons (Fsp3) is 0.667. The van der Waals surface area contributed by atoms with Crippen molar-refractivity contribution >= 4 is 11.8 Å². The highest BCUT2D eigenvalue weighted by Crippen LogP contribution is 2.30. The molecule has 0 saturated heterocycles. The van der Waals surface area contributed by atoms with Crippen molar-refractivity contribution in [2.75, 3.05) is 18.8 Å². The fourth-order valence-electron chi connectivity index (χ4n) is 2.50. The average Bonchev–Trinajstić information content (AvgIpc) is 2.39. The Kier molecular flexibility index (Phi) is 8.32. The van der Waals surface area contributed by atoms with Crippen molar-refractivity contribution in [3.8, 4) is 0 Å². The smallest absolute Gasteiger partial charge is 0.00719 e. The first-order valence-electron chi connectivity index (χ1n) is 7.94. The van der Waals surface area contributed by atoms with Crippen LogP contribution in [0.4, 0.5) is 0 Å². The van der Waals surface area contributed by atoms with Crippen LogP contribution < -0.4 is 5.32 Å². The van der Waals surface area contributed by atoms with Gasteiger partial charge < -0.3 is 5.32 Å². The van der Waals surface area contributed by atoms with E-state index in [1.165, 1.54) is 29.9 Å². The summed E-state index contributed by atoms with van der Waals surface area (Å²) in [6.07, 6.45) is 3.87. The summed E-state index contributed by atoms with van der Waals surface area (Å²) in [6, 6.07) is 10.7. The molecule has 1 rings (SSSR count). The Bertz CT molecular complexity index is 350. The lowest BCUT2D eigenvalue weighted by molar-refractivity contribution is 0.265. The van der Waals surface area contributed by atoms with E-state index >= 15 is 0 Å². The third kappa shape index (κ3) is 7.35. The van der Waals surface area contributed by atoms with E-state index in [0.29, 0.717) is 5.41 Å². The van der Waals surface area contributed by atoms with Gasteiger partial charge in [0.2, 0.25) is 0 Å². The van der Waals surface area contributed by atoms with Crippen LogP contribution in [0.3, 0.4) is 0 Å². The van der Waals surface area contributed by atoms with Gasteiger partial charge >= 0.3 is 0 Å². The van der Waals surface area contributed by atoms with Crippen LogP contribution in [0, 0.1) is 11.3 Å². The van der Waals surface area contributed by atoms with Gasteiger partial charge in [-0.3, -0.25) is 0 Å². The van der Waals surface area contributed by atoms with Crippen LogP contribution in [0.5, 0.6) is 0 Å². The topological polar surface area (TPSA) is 12.0 Å². The molecule has 0 aliphatic heterocycles. The summed E-state index contributed by atoms with van der Waals surface area (Å²) in [5, 5.41) is 3.65. The number of thioether (sulfide) groups is 1. The molecular weight excluding hydrogens is 262 g/mol. The Morgan fingerprint density at radius 3 is 2.45 bits per heavy atom. The molecule has 0 saturated carbocycles. The lowest BCUT2D eigenvalue weighted by Crippen LogP contribution is -2.34. The minimum absolute atomic E-state index is 0.436. The summed E-state index contributed by atoms with van der Waals surface area (Å²) >= 11 is 1.99. The minimum Gasteiger partial charge on any atom is -0.316 e. The van der Waals surface area contributed by atoms with Gasteiger partial charge in [0, 0.05) is 11.4 Å². The monoisotopic (exact) mass is 293 g/mol. The summed E-state index contributed by atoms with van der Waals surface area (Å²) in [6.45, 7) is 11.6. The molecule has 20 heavy (non-hydrogen) atoms. The van der Waals surface area contributed by atoms with Crippen molar-refractivity contribution < 1.29 is 0 Å². The molecule has 1 nitrogen and oxygen atoms in total. The molecule has 1 aromatic carbocycles. The second kappa shape index (κ2) is 9.46. The van der Waals surface area contributed by atoms with Crippen molar-refractivity contribution in [1.29, 1.82) is 0 Å². The van der Waals surface area contributed by atoms with E-state index < -0.39 is 0 Å². The van der Waals surface area contributed by atoms with Gasteiger partial charge in [-0.1, -0.05) is 52.3 Å². The van der Waals surface area contributed by atoms with E-state index in [9.17, 15) is 0 Å². The SMILES string of the molecule is CCCC(C)(CCSc1ccccc1)CNCC(C)C. The maximum atomic E-state index is 3.65. The summed E-state index contributed by atoms with van der Waals surface area (Å²) < 4.78 is 0. The maximum Gasteiger partial charge on any atom is 0.00719 e. The second-order valence-electron chi connectivity index (χ2n) is 6.50. The lowest BCUT2D eigenvalue weighted by Gasteiger charge is -2.30. The number of hydrogen-bond acceptors (Lipinski definition) is 2. The van der Waals surface area contributed by atoms with Gasteiger partial charge in [0.25, 0.3) is 0 Å². The maximum absolute atomic E-state index is 3.65. The van der Waals surface area contributed by atoms with E-state index in [1.807, 2.05) is 11.8 Å². The highest BCUT2D eigenvalue weighted by molar-refractivity contribution is 7.99. The summed E-state index contributed by atoms with van der Waals surface area (Å²) in [4.78, 5) is 1.39. The van der Waals surface area contributed by atoms with Crippen LogP contribution >= 0.6 is 11.8 Å². The molecule has 0 fully saturated rings.